The molecule has 0 aromatic rings. The fraction of sp³-hybridized carbons (Fsp3) is 0.909. The van der Waals surface area contributed by atoms with Crippen molar-refractivity contribution in [1.29, 1.82) is 0 Å². The first-order valence-electron chi connectivity index (χ1n) is 5.90. The molecule has 2 saturated carbocycles. The maximum atomic E-state index is 12.2. The molecule has 2 N–H and O–H groups in total. The standard InChI is InChI=1S/C11H18N2OS/c1-5-3-4-7-6(2)9-10(13-15-12-9)8(7)11(5)14/h5-10,12-13H,3-4H2,1-2H3. The molecule has 4 heteroatoms. The molecule has 6 unspecified atom stereocenters. The molecule has 3 rings (SSSR count). The van der Waals surface area contributed by atoms with E-state index in [1.807, 2.05) is 0 Å². The van der Waals surface area contributed by atoms with E-state index in [9.17, 15) is 4.79 Å². The molecule has 0 amide bonds. The molecule has 3 nitrogen and oxygen atoms in total. The summed E-state index contributed by atoms with van der Waals surface area (Å²) in [6.07, 6.45) is 2.33. The highest BCUT2D eigenvalue weighted by Crippen LogP contribution is 2.48. The van der Waals surface area contributed by atoms with Crippen LogP contribution in [-0.4, -0.2) is 17.9 Å². The Morgan fingerprint density at radius 3 is 2.73 bits per heavy atom. The van der Waals surface area contributed by atoms with Gasteiger partial charge in [0.05, 0.1) is 0 Å². The first-order valence-corrected chi connectivity index (χ1v) is 6.72. The number of hydrogen-bond donors (Lipinski definition) is 2. The highest BCUT2D eigenvalue weighted by atomic mass is 32.2. The molecular weight excluding hydrogens is 208 g/mol. The summed E-state index contributed by atoms with van der Waals surface area (Å²) < 4.78 is 6.80. The Hall–Kier alpha value is -0.0600. The molecule has 0 spiro atoms. The number of nitrogens with one attached hydrogen (secondary N) is 2. The third kappa shape index (κ3) is 1.31. The molecule has 0 aromatic carbocycles. The van der Waals surface area contributed by atoms with Gasteiger partial charge in [-0.05, 0) is 24.7 Å². The predicted octanol–water partition coefficient (Wildman–Crippen LogP) is 1.36. The second-order valence-electron chi connectivity index (χ2n) is 5.32. The molecule has 2 aliphatic carbocycles. The summed E-state index contributed by atoms with van der Waals surface area (Å²) in [5, 5.41) is 0. The number of carbonyl (C=O) groups is 1. The zero-order valence-electron chi connectivity index (χ0n) is 9.19. The Balaban J connectivity index is 1.91. The van der Waals surface area contributed by atoms with E-state index in [0.717, 1.165) is 6.42 Å². The first-order chi connectivity index (χ1) is 7.20. The van der Waals surface area contributed by atoms with Crippen LogP contribution < -0.4 is 9.44 Å². The van der Waals surface area contributed by atoms with Crippen molar-refractivity contribution in [3.05, 3.63) is 0 Å². The summed E-state index contributed by atoms with van der Waals surface area (Å²) in [5.41, 5.74) is 0. The normalized spacial score (nSPS) is 54.1. The van der Waals surface area contributed by atoms with Gasteiger partial charge in [0, 0.05) is 36.1 Å². The van der Waals surface area contributed by atoms with Gasteiger partial charge in [-0.25, -0.2) is 9.44 Å². The largest absolute Gasteiger partial charge is 0.299 e. The average Bonchev–Trinajstić information content (AvgIpc) is 2.76. The van der Waals surface area contributed by atoms with Crippen LogP contribution in [0.2, 0.25) is 0 Å². The molecule has 0 radical (unpaired) electrons. The lowest BCUT2D eigenvalue weighted by atomic mass is 9.72. The van der Waals surface area contributed by atoms with Crippen molar-refractivity contribution in [3.8, 4) is 0 Å². The summed E-state index contributed by atoms with van der Waals surface area (Å²) >= 11 is 1.58. The summed E-state index contributed by atoms with van der Waals surface area (Å²) in [6, 6.07) is 0.879. The van der Waals surface area contributed by atoms with Crippen molar-refractivity contribution in [2.45, 2.75) is 38.8 Å². The van der Waals surface area contributed by atoms with Crippen molar-refractivity contribution >= 4 is 17.9 Å². The molecular formula is C11H18N2OS. The average molecular weight is 226 g/mol. The summed E-state index contributed by atoms with van der Waals surface area (Å²) in [4.78, 5) is 12.2. The van der Waals surface area contributed by atoms with Crippen LogP contribution in [0.15, 0.2) is 0 Å². The van der Waals surface area contributed by atoms with Crippen molar-refractivity contribution in [3.63, 3.8) is 0 Å². The minimum absolute atomic E-state index is 0.274. The summed E-state index contributed by atoms with van der Waals surface area (Å²) in [6.45, 7) is 4.39. The van der Waals surface area contributed by atoms with E-state index in [4.69, 9.17) is 0 Å². The number of ketones is 1. The zero-order valence-corrected chi connectivity index (χ0v) is 10.0. The topological polar surface area (TPSA) is 41.1 Å². The van der Waals surface area contributed by atoms with E-state index < -0.39 is 0 Å². The van der Waals surface area contributed by atoms with E-state index in [-0.39, 0.29) is 11.8 Å². The smallest absolute Gasteiger partial charge is 0.140 e. The van der Waals surface area contributed by atoms with Crippen LogP contribution in [0.25, 0.3) is 0 Å². The molecule has 15 heavy (non-hydrogen) atoms. The number of Topliss-reactive ketones (excluding diaryl/α,β-unsaturated/α-hetero) is 1. The van der Waals surface area contributed by atoms with Gasteiger partial charge in [-0.3, -0.25) is 4.79 Å². The summed E-state index contributed by atoms with van der Waals surface area (Å²) in [5.74, 6) is 2.31. The Morgan fingerprint density at radius 2 is 1.93 bits per heavy atom. The number of carbonyl (C=O) groups excluding carboxylic acids is 1. The Bertz CT molecular complexity index is 294. The third-order valence-corrected chi connectivity index (χ3v) is 5.39. The van der Waals surface area contributed by atoms with Gasteiger partial charge in [0.1, 0.15) is 5.78 Å². The van der Waals surface area contributed by atoms with Gasteiger partial charge in [-0.15, -0.1) is 0 Å². The van der Waals surface area contributed by atoms with E-state index >= 15 is 0 Å². The molecule has 3 fully saturated rings. The van der Waals surface area contributed by atoms with Gasteiger partial charge in [-0.1, -0.05) is 13.8 Å². The van der Waals surface area contributed by atoms with E-state index in [2.05, 4.69) is 23.3 Å². The maximum Gasteiger partial charge on any atom is 0.140 e. The van der Waals surface area contributed by atoms with Crippen LogP contribution in [0.4, 0.5) is 0 Å². The highest BCUT2D eigenvalue weighted by molar-refractivity contribution is 7.95. The maximum absolute atomic E-state index is 12.2. The van der Waals surface area contributed by atoms with E-state index in [0.29, 0.717) is 29.7 Å². The minimum Gasteiger partial charge on any atom is -0.299 e. The van der Waals surface area contributed by atoms with E-state index in [1.54, 1.807) is 12.1 Å². The van der Waals surface area contributed by atoms with Crippen molar-refractivity contribution in [1.82, 2.24) is 9.44 Å². The Kier molecular flexibility index (Phi) is 2.34. The second kappa shape index (κ2) is 3.47. The van der Waals surface area contributed by atoms with Crippen molar-refractivity contribution in [2.75, 3.05) is 0 Å². The van der Waals surface area contributed by atoms with Gasteiger partial charge in [0.25, 0.3) is 0 Å². The molecule has 1 heterocycles. The van der Waals surface area contributed by atoms with Crippen LogP contribution >= 0.6 is 12.1 Å². The monoisotopic (exact) mass is 226 g/mol. The summed E-state index contributed by atoms with van der Waals surface area (Å²) in [7, 11) is 0. The number of rotatable bonds is 0. The van der Waals surface area contributed by atoms with Crippen LogP contribution in [0.3, 0.4) is 0 Å². The third-order valence-electron chi connectivity index (χ3n) is 4.61. The van der Waals surface area contributed by atoms with Crippen LogP contribution in [0.5, 0.6) is 0 Å². The van der Waals surface area contributed by atoms with Crippen LogP contribution in [0.1, 0.15) is 26.7 Å². The lowest BCUT2D eigenvalue weighted by molar-refractivity contribution is -0.130. The molecule has 84 valence electrons. The Labute approximate surface area is 95.0 Å². The van der Waals surface area contributed by atoms with Gasteiger partial charge in [0.2, 0.25) is 0 Å². The fourth-order valence-corrected chi connectivity index (χ4v) is 4.65. The van der Waals surface area contributed by atoms with Gasteiger partial charge in [0.15, 0.2) is 0 Å². The lowest BCUT2D eigenvalue weighted by Crippen LogP contribution is -2.42. The second-order valence-corrected chi connectivity index (χ2v) is 5.99. The van der Waals surface area contributed by atoms with E-state index in [1.165, 1.54) is 6.42 Å². The fourth-order valence-electron chi connectivity index (χ4n) is 3.65. The SMILES string of the molecule is CC1CCC2C(C)C3NSNC3C2C1=O. The van der Waals surface area contributed by atoms with Crippen molar-refractivity contribution in [2.24, 2.45) is 23.7 Å². The van der Waals surface area contributed by atoms with Gasteiger partial charge >= 0.3 is 0 Å². The number of hydrogen-bond acceptors (Lipinski definition) is 4. The van der Waals surface area contributed by atoms with Gasteiger partial charge < -0.3 is 0 Å². The molecule has 0 bridgehead atoms. The van der Waals surface area contributed by atoms with Crippen molar-refractivity contribution < 1.29 is 4.79 Å². The van der Waals surface area contributed by atoms with Gasteiger partial charge in [-0.2, -0.15) is 0 Å². The molecule has 1 saturated heterocycles. The molecule has 3 aliphatic rings. The molecule has 1 aliphatic heterocycles. The van der Waals surface area contributed by atoms with Crippen LogP contribution in [-0.2, 0) is 4.79 Å². The lowest BCUT2D eigenvalue weighted by Gasteiger charge is -2.32. The zero-order chi connectivity index (χ0) is 10.6. The predicted molar refractivity (Wildman–Crippen MR) is 61.0 cm³/mol. The molecule has 0 aromatic heterocycles. The highest BCUT2D eigenvalue weighted by Gasteiger charge is 2.55. The number of fused-ring (bicyclic) bond motifs is 3. The van der Waals surface area contributed by atoms with Crippen LogP contribution in [0, 0.1) is 23.7 Å². The first kappa shape index (κ1) is 10.1. The molecule has 6 atom stereocenters. The quantitative estimate of drug-likeness (QED) is 0.612. The minimum atomic E-state index is 0.274. The Morgan fingerprint density at radius 1 is 1.20 bits per heavy atom.